The fourth-order valence-corrected chi connectivity index (χ4v) is 1.55. The number of nitrogens with zero attached hydrogens (tertiary/aromatic N) is 2. The van der Waals surface area contributed by atoms with E-state index in [1.54, 1.807) is 0 Å². The van der Waals surface area contributed by atoms with Crippen LogP contribution >= 0.6 is 0 Å². The average Bonchev–Trinajstić information content (AvgIpc) is 2.40. The molecule has 5 nitrogen and oxygen atoms in total. The van der Waals surface area contributed by atoms with E-state index in [0.29, 0.717) is 13.0 Å². The van der Waals surface area contributed by atoms with Crippen molar-refractivity contribution in [1.29, 1.82) is 0 Å². The van der Waals surface area contributed by atoms with Gasteiger partial charge in [0.15, 0.2) is 0 Å². The van der Waals surface area contributed by atoms with E-state index in [9.17, 15) is 4.79 Å². The van der Waals surface area contributed by atoms with Crippen LogP contribution < -0.4 is 5.32 Å². The molecular weight excluding hydrogens is 230 g/mol. The van der Waals surface area contributed by atoms with Crippen molar-refractivity contribution in [2.75, 3.05) is 6.54 Å². The molecule has 0 atom stereocenters. The van der Waals surface area contributed by atoms with Gasteiger partial charge in [0.05, 0.1) is 11.4 Å². The molecular formula is C13H13N3O2. The number of amides is 1. The van der Waals surface area contributed by atoms with Gasteiger partial charge in [-0.2, -0.15) is 10.2 Å². The Morgan fingerprint density at radius 3 is 2.50 bits per heavy atom. The molecule has 2 N–H and O–H groups in total. The van der Waals surface area contributed by atoms with Crippen LogP contribution in [-0.2, 0) is 6.42 Å². The number of rotatable bonds is 4. The smallest absolute Gasteiger partial charge is 0.404 e. The van der Waals surface area contributed by atoms with Gasteiger partial charge in [-0.1, -0.05) is 30.3 Å². The third-order valence-electron chi connectivity index (χ3n) is 2.45. The number of benzene rings is 1. The van der Waals surface area contributed by atoms with E-state index in [0.717, 1.165) is 17.0 Å². The Balaban J connectivity index is 2.00. The van der Waals surface area contributed by atoms with Gasteiger partial charge in [-0.05, 0) is 12.1 Å². The van der Waals surface area contributed by atoms with Gasteiger partial charge in [-0.3, -0.25) is 0 Å². The van der Waals surface area contributed by atoms with Gasteiger partial charge in [-0.15, -0.1) is 0 Å². The zero-order valence-corrected chi connectivity index (χ0v) is 9.71. The summed E-state index contributed by atoms with van der Waals surface area (Å²) in [6.07, 6.45) is -0.488. The third kappa shape index (κ3) is 3.28. The molecule has 5 heteroatoms. The molecule has 0 aliphatic rings. The van der Waals surface area contributed by atoms with Gasteiger partial charge in [0.1, 0.15) is 0 Å². The molecule has 0 fully saturated rings. The van der Waals surface area contributed by atoms with Crippen LogP contribution in [0, 0.1) is 0 Å². The summed E-state index contributed by atoms with van der Waals surface area (Å²) in [6.45, 7) is 0.342. The normalized spacial score (nSPS) is 10.0. The van der Waals surface area contributed by atoms with E-state index < -0.39 is 6.09 Å². The largest absolute Gasteiger partial charge is 0.465 e. The zero-order chi connectivity index (χ0) is 12.8. The number of carbonyl (C=O) groups is 1. The molecule has 2 aromatic rings. The van der Waals surface area contributed by atoms with E-state index >= 15 is 0 Å². The van der Waals surface area contributed by atoms with Crippen molar-refractivity contribution in [3.8, 4) is 11.3 Å². The molecule has 0 saturated carbocycles. The molecule has 92 valence electrons. The molecule has 0 aliphatic carbocycles. The van der Waals surface area contributed by atoms with Crippen molar-refractivity contribution in [1.82, 2.24) is 15.5 Å². The van der Waals surface area contributed by atoms with E-state index in [-0.39, 0.29) is 0 Å². The maximum Gasteiger partial charge on any atom is 0.404 e. The van der Waals surface area contributed by atoms with E-state index in [4.69, 9.17) is 5.11 Å². The van der Waals surface area contributed by atoms with Crippen molar-refractivity contribution in [2.24, 2.45) is 0 Å². The minimum Gasteiger partial charge on any atom is -0.465 e. The summed E-state index contributed by atoms with van der Waals surface area (Å²) >= 11 is 0. The number of hydrogen-bond donors (Lipinski definition) is 2. The molecule has 2 rings (SSSR count). The van der Waals surface area contributed by atoms with Gasteiger partial charge < -0.3 is 10.4 Å². The van der Waals surface area contributed by atoms with Crippen LogP contribution in [0.1, 0.15) is 5.69 Å². The first-order valence-electron chi connectivity index (χ1n) is 5.60. The molecule has 1 amide bonds. The van der Waals surface area contributed by atoms with E-state index in [2.05, 4.69) is 15.5 Å². The minimum absolute atomic E-state index is 0.342. The Labute approximate surface area is 104 Å². The van der Waals surface area contributed by atoms with Crippen LogP contribution in [0.3, 0.4) is 0 Å². The van der Waals surface area contributed by atoms with Crippen molar-refractivity contribution in [3.63, 3.8) is 0 Å². The Kier molecular flexibility index (Phi) is 3.86. The van der Waals surface area contributed by atoms with Crippen LogP contribution in [0.25, 0.3) is 11.3 Å². The van der Waals surface area contributed by atoms with E-state index in [1.165, 1.54) is 0 Å². The SMILES string of the molecule is O=C(O)NCCc1ccc(-c2ccccc2)nn1. The van der Waals surface area contributed by atoms with Gasteiger partial charge >= 0.3 is 6.09 Å². The maximum atomic E-state index is 10.3. The standard InChI is InChI=1S/C13H13N3O2/c17-13(18)14-9-8-11-6-7-12(16-15-11)10-4-2-1-3-5-10/h1-7,14H,8-9H2,(H,17,18). The lowest BCUT2D eigenvalue weighted by Crippen LogP contribution is -2.23. The highest BCUT2D eigenvalue weighted by Crippen LogP contribution is 2.14. The molecule has 1 aromatic heterocycles. The van der Waals surface area contributed by atoms with Gasteiger partial charge in [0.25, 0.3) is 0 Å². The van der Waals surface area contributed by atoms with Crippen LogP contribution in [0.5, 0.6) is 0 Å². The molecule has 0 saturated heterocycles. The van der Waals surface area contributed by atoms with Crippen LogP contribution in [0.2, 0.25) is 0 Å². The Morgan fingerprint density at radius 1 is 1.11 bits per heavy atom. The molecule has 18 heavy (non-hydrogen) atoms. The molecule has 0 radical (unpaired) electrons. The minimum atomic E-state index is -1.02. The summed E-state index contributed by atoms with van der Waals surface area (Å²) in [4.78, 5) is 10.3. The van der Waals surface area contributed by atoms with Crippen LogP contribution in [0.15, 0.2) is 42.5 Å². The quantitative estimate of drug-likeness (QED) is 0.860. The van der Waals surface area contributed by atoms with Gasteiger partial charge in [-0.25, -0.2) is 4.79 Å². The number of aromatic nitrogens is 2. The fraction of sp³-hybridized carbons (Fsp3) is 0.154. The average molecular weight is 243 g/mol. The first kappa shape index (κ1) is 12.0. The second-order valence-electron chi connectivity index (χ2n) is 3.76. The van der Waals surface area contributed by atoms with Crippen molar-refractivity contribution < 1.29 is 9.90 Å². The van der Waals surface area contributed by atoms with Crippen molar-refractivity contribution >= 4 is 6.09 Å². The Morgan fingerprint density at radius 2 is 1.89 bits per heavy atom. The van der Waals surface area contributed by atoms with Crippen molar-refractivity contribution in [2.45, 2.75) is 6.42 Å². The highest BCUT2D eigenvalue weighted by molar-refractivity contribution is 5.64. The predicted octanol–water partition coefficient (Wildman–Crippen LogP) is 1.95. The van der Waals surface area contributed by atoms with Crippen LogP contribution in [0.4, 0.5) is 4.79 Å². The first-order chi connectivity index (χ1) is 8.75. The summed E-state index contributed by atoms with van der Waals surface area (Å²) in [5.41, 5.74) is 2.59. The summed E-state index contributed by atoms with van der Waals surface area (Å²) in [5.74, 6) is 0. The Hall–Kier alpha value is -2.43. The molecule has 1 heterocycles. The summed E-state index contributed by atoms with van der Waals surface area (Å²) in [7, 11) is 0. The predicted molar refractivity (Wildman–Crippen MR) is 67.2 cm³/mol. The van der Waals surface area contributed by atoms with Gasteiger partial charge in [0.2, 0.25) is 0 Å². The van der Waals surface area contributed by atoms with Gasteiger partial charge in [0, 0.05) is 18.5 Å². The lowest BCUT2D eigenvalue weighted by Gasteiger charge is -2.02. The van der Waals surface area contributed by atoms with Crippen LogP contribution in [-0.4, -0.2) is 27.9 Å². The summed E-state index contributed by atoms with van der Waals surface area (Å²) in [6, 6.07) is 13.5. The fourth-order valence-electron chi connectivity index (χ4n) is 1.55. The second-order valence-corrected chi connectivity index (χ2v) is 3.76. The number of carboxylic acid groups (broad SMARTS) is 1. The topological polar surface area (TPSA) is 75.1 Å². The van der Waals surface area contributed by atoms with E-state index in [1.807, 2.05) is 42.5 Å². The molecule has 0 spiro atoms. The zero-order valence-electron chi connectivity index (χ0n) is 9.71. The maximum absolute atomic E-state index is 10.3. The second kappa shape index (κ2) is 5.77. The number of nitrogens with one attached hydrogen (secondary N) is 1. The molecule has 0 aliphatic heterocycles. The summed E-state index contributed by atoms with van der Waals surface area (Å²) in [5, 5.41) is 18.9. The number of hydrogen-bond acceptors (Lipinski definition) is 3. The van der Waals surface area contributed by atoms with Crippen molar-refractivity contribution in [3.05, 3.63) is 48.2 Å². The first-order valence-corrected chi connectivity index (χ1v) is 5.60. The lowest BCUT2D eigenvalue weighted by molar-refractivity contribution is 0.194. The third-order valence-corrected chi connectivity index (χ3v) is 2.45. The summed E-state index contributed by atoms with van der Waals surface area (Å²) < 4.78 is 0. The Bertz CT molecular complexity index is 512. The highest BCUT2D eigenvalue weighted by atomic mass is 16.4. The molecule has 1 aromatic carbocycles. The molecule has 0 unspecified atom stereocenters. The lowest BCUT2D eigenvalue weighted by atomic mass is 10.1. The molecule has 0 bridgehead atoms. The highest BCUT2D eigenvalue weighted by Gasteiger charge is 2.01. The monoisotopic (exact) mass is 243 g/mol.